The molecule has 1 aromatic carbocycles. The lowest BCUT2D eigenvalue weighted by Gasteiger charge is -2.39. The third-order valence-corrected chi connectivity index (χ3v) is 6.80. The Morgan fingerprint density at radius 2 is 1.71 bits per heavy atom. The third kappa shape index (κ3) is 5.21. The maximum absolute atomic E-state index is 13.1. The van der Waals surface area contributed by atoms with Crippen molar-refractivity contribution < 1.29 is 19.1 Å². The summed E-state index contributed by atoms with van der Waals surface area (Å²) in [5, 5.41) is 0. The van der Waals surface area contributed by atoms with E-state index in [0.717, 1.165) is 57.0 Å². The second kappa shape index (κ2) is 9.57. The van der Waals surface area contributed by atoms with Crippen molar-refractivity contribution in [3.8, 4) is 5.75 Å². The molecule has 0 aliphatic carbocycles. The van der Waals surface area contributed by atoms with Crippen LogP contribution in [0.25, 0.3) is 0 Å². The average Bonchev–Trinajstić information content (AvgIpc) is 3.15. The summed E-state index contributed by atoms with van der Waals surface area (Å²) in [6.07, 6.45) is 2.95. The van der Waals surface area contributed by atoms with E-state index in [1.807, 2.05) is 29.2 Å². The van der Waals surface area contributed by atoms with Gasteiger partial charge in [0.1, 0.15) is 5.75 Å². The summed E-state index contributed by atoms with van der Waals surface area (Å²) in [6.45, 7) is 9.42. The fraction of sp³-hybridized carbons (Fsp3) is 0.667. The van der Waals surface area contributed by atoms with E-state index in [1.165, 1.54) is 0 Å². The average molecular weight is 430 g/mol. The number of anilines is 1. The first-order valence-electron chi connectivity index (χ1n) is 11.5. The molecule has 3 aliphatic rings. The number of likely N-dealkylation sites (tertiary alicyclic amines) is 1. The molecule has 4 rings (SSSR count). The maximum atomic E-state index is 13.1. The summed E-state index contributed by atoms with van der Waals surface area (Å²) in [5.74, 6) is 1.30. The van der Waals surface area contributed by atoms with Gasteiger partial charge in [-0.1, -0.05) is 0 Å². The number of benzene rings is 1. The molecule has 0 aromatic heterocycles. The SMILES string of the molecule is COc1ccc(N2CC(C(=O)N3CCC(CN4CC(C)OC(C)C4)CC3)CC2=O)cc1. The van der Waals surface area contributed by atoms with Crippen LogP contribution in [-0.2, 0) is 14.3 Å². The highest BCUT2D eigenvalue weighted by molar-refractivity contribution is 6.00. The molecule has 7 heteroatoms. The fourth-order valence-electron chi connectivity index (χ4n) is 5.28. The predicted molar refractivity (Wildman–Crippen MR) is 119 cm³/mol. The Morgan fingerprint density at radius 1 is 1.06 bits per heavy atom. The molecule has 3 atom stereocenters. The van der Waals surface area contributed by atoms with Crippen LogP contribution in [0.2, 0.25) is 0 Å². The number of morpholine rings is 1. The third-order valence-electron chi connectivity index (χ3n) is 6.80. The smallest absolute Gasteiger partial charge is 0.228 e. The largest absolute Gasteiger partial charge is 0.497 e. The summed E-state index contributed by atoms with van der Waals surface area (Å²) < 4.78 is 11.0. The highest BCUT2D eigenvalue weighted by atomic mass is 16.5. The number of carbonyl (C=O) groups excluding carboxylic acids is 2. The van der Waals surface area contributed by atoms with Crippen LogP contribution in [0, 0.1) is 11.8 Å². The van der Waals surface area contributed by atoms with Gasteiger partial charge in [-0.2, -0.15) is 0 Å². The van der Waals surface area contributed by atoms with Crippen LogP contribution in [0.15, 0.2) is 24.3 Å². The minimum absolute atomic E-state index is 0.0222. The summed E-state index contributed by atoms with van der Waals surface area (Å²) in [6, 6.07) is 7.45. The van der Waals surface area contributed by atoms with Gasteiger partial charge in [-0.3, -0.25) is 14.5 Å². The van der Waals surface area contributed by atoms with Crippen molar-refractivity contribution in [2.75, 3.05) is 51.3 Å². The number of amides is 2. The van der Waals surface area contributed by atoms with Crippen LogP contribution >= 0.6 is 0 Å². The molecule has 0 spiro atoms. The molecule has 0 bridgehead atoms. The second-order valence-corrected chi connectivity index (χ2v) is 9.35. The molecule has 0 radical (unpaired) electrons. The topological polar surface area (TPSA) is 62.3 Å². The zero-order valence-corrected chi connectivity index (χ0v) is 19.0. The van der Waals surface area contributed by atoms with Crippen molar-refractivity contribution >= 4 is 17.5 Å². The van der Waals surface area contributed by atoms with Crippen molar-refractivity contribution in [1.29, 1.82) is 0 Å². The maximum Gasteiger partial charge on any atom is 0.228 e. The first-order chi connectivity index (χ1) is 14.9. The van der Waals surface area contributed by atoms with Crippen LogP contribution in [0.4, 0.5) is 5.69 Å². The first kappa shape index (κ1) is 22.1. The number of ether oxygens (including phenoxy) is 2. The number of methoxy groups -OCH3 is 1. The number of piperidine rings is 1. The number of hydrogen-bond donors (Lipinski definition) is 0. The van der Waals surface area contributed by atoms with Crippen molar-refractivity contribution in [3.63, 3.8) is 0 Å². The lowest BCUT2D eigenvalue weighted by atomic mass is 9.94. The van der Waals surface area contributed by atoms with Crippen molar-refractivity contribution in [1.82, 2.24) is 9.80 Å². The highest BCUT2D eigenvalue weighted by Gasteiger charge is 2.38. The van der Waals surface area contributed by atoms with Gasteiger partial charge in [0.05, 0.1) is 25.2 Å². The lowest BCUT2D eigenvalue weighted by Crippen LogP contribution is -2.49. The van der Waals surface area contributed by atoms with Crippen LogP contribution < -0.4 is 9.64 Å². The van der Waals surface area contributed by atoms with E-state index >= 15 is 0 Å². The Labute approximate surface area is 185 Å². The summed E-state index contributed by atoms with van der Waals surface area (Å²) >= 11 is 0. The van der Waals surface area contributed by atoms with Crippen molar-refractivity contribution in [2.24, 2.45) is 11.8 Å². The molecule has 3 aliphatic heterocycles. The zero-order chi connectivity index (χ0) is 22.0. The fourth-order valence-corrected chi connectivity index (χ4v) is 5.28. The molecule has 3 fully saturated rings. The molecule has 0 N–H and O–H groups in total. The Bertz CT molecular complexity index is 766. The molecule has 31 heavy (non-hydrogen) atoms. The molecule has 170 valence electrons. The van der Waals surface area contributed by atoms with E-state index in [1.54, 1.807) is 12.0 Å². The Balaban J connectivity index is 1.27. The standard InChI is InChI=1S/C24H35N3O4/c1-17-13-25(14-18(2)31-17)15-19-8-10-26(11-9-19)24(29)20-12-23(28)27(16-20)21-4-6-22(30-3)7-5-21/h4-7,17-20H,8-16H2,1-3H3. The molecule has 3 unspecified atom stereocenters. The van der Waals surface area contributed by atoms with Gasteiger partial charge in [-0.05, 0) is 56.9 Å². The van der Waals surface area contributed by atoms with Crippen molar-refractivity contribution in [2.45, 2.75) is 45.3 Å². The number of rotatable bonds is 5. The van der Waals surface area contributed by atoms with Gasteiger partial charge in [-0.25, -0.2) is 0 Å². The normalized spacial score (nSPS) is 28.2. The zero-order valence-electron chi connectivity index (χ0n) is 19.0. The summed E-state index contributed by atoms with van der Waals surface area (Å²) in [5.41, 5.74) is 0.828. The number of nitrogens with zero attached hydrogens (tertiary/aromatic N) is 3. The summed E-state index contributed by atoms with van der Waals surface area (Å²) in [4.78, 5) is 31.9. The quantitative estimate of drug-likeness (QED) is 0.719. The van der Waals surface area contributed by atoms with Gasteiger partial charge < -0.3 is 19.3 Å². The predicted octanol–water partition coefficient (Wildman–Crippen LogP) is 2.40. The minimum Gasteiger partial charge on any atom is -0.497 e. The van der Waals surface area contributed by atoms with Crippen molar-refractivity contribution in [3.05, 3.63) is 24.3 Å². The van der Waals surface area contributed by atoms with Gasteiger partial charge in [0.25, 0.3) is 0 Å². The highest BCUT2D eigenvalue weighted by Crippen LogP contribution is 2.29. The molecule has 7 nitrogen and oxygen atoms in total. The van der Waals surface area contributed by atoms with Gasteiger partial charge in [0.15, 0.2) is 0 Å². The first-order valence-corrected chi connectivity index (χ1v) is 11.5. The Morgan fingerprint density at radius 3 is 2.32 bits per heavy atom. The molecule has 3 saturated heterocycles. The molecular formula is C24H35N3O4. The van der Waals surface area contributed by atoms with Gasteiger partial charge >= 0.3 is 0 Å². The molecule has 0 saturated carbocycles. The van der Waals surface area contributed by atoms with E-state index in [2.05, 4.69) is 18.7 Å². The van der Waals surface area contributed by atoms with E-state index < -0.39 is 0 Å². The van der Waals surface area contributed by atoms with Crippen LogP contribution in [0.5, 0.6) is 5.75 Å². The summed E-state index contributed by atoms with van der Waals surface area (Å²) in [7, 11) is 1.62. The monoisotopic (exact) mass is 429 g/mol. The van der Waals surface area contributed by atoms with E-state index in [9.17, 15) is 9.59 Å². The Hall–Kier alpha value is -2.12. The molecule has 2 amide bonds. The van der Waals surface area contributed by atoms with Crippen LogP contribution in [0.1, 0.15) is 33.1 Å². The molecular weight excluding hydrogens is 394 g/mol. The minimum atomic E-state index is -0.243. The molecule has 3 heterocycles. The van der Waals surface area contributed by atoms with E-state index in [-0.39, 0.29) is 17.7 Å². The number of hydrogen-bond acceptors (Lipinski definition) is 5. The van der Waals surface area contributed by atoms with Crippen LogP contribution in [0.3, 0.4) is 0 Å². The number of carbonyl (C=O) groups is 2. The van der Waals surface area contributed by atoms with Gasteiger partial charge in [0, 0.05) is 51.4 Å². The van der Waals surface area contributed by atoms with Crippen LogP contribution in [-0.4, -0.2) is 80.2 Å². The molecule has 1 aromatic rings. The van der Waals surface area contributed by atoms with Gasteiger partial charge in [-0.15, -0.1) is 0 Å². The van der Waals surface area contributed by atoms with E-state index in [4.69, 9.17) is 9.47 Å². The lowest BCUT2D eigenvalue weighted by molar-refractivity contribution is -0.137. The second-order valence-electron chi connectivity index (χ2n) is 9.35. The van der Waals surface area contributed by atoms with E-state index in [0.29, 0.717) is 31.1 Å². The van der Waals surface area contributed by atoms with Gasteiger partial charge in [0.2, 0.25) is 11.8 Å². The Kier molecular flexibility index (Phi) is 6.82.